The molecule has 0 spiro atoms. The molecule has 0 radical (unpaired) electrons. The Labute approximate surface area is 95.2 Å². The number of fused-ring (bicyclic) bond motifs is 1. The molecule has 0 unspecified atom stereocenters. The molecule has 0 aromatic heterocycles. The standard InChI is InChI=1S/C10H8INO2/c11-5-6-12-9(13)7-3-1-2-4-8(7)10(12)14/h1-4H,5-6H2. The molecule has 0 saturated heterocycles. The maximum Gasteiger partial charge on any atom is 0.261 e. The number of benzene rings is 1. The molecule has 14 heavy (non-hydrogen) atoms. The lowest BCUT2D eigenvalue weighted by molar-refractivity contribution is 0.0665. The van der Waals surface area contributed by atoms with E-state index in [9.17, 15) is 9.59 Å². The molecule has 0 bridgehead atoms. The minimum absolute atomic E-state index is 0.165. The lowest BCUT2D eigenvalue weighted by atomic mass is 10.1. The summed E-state index contributed by atoms with van der Waals surface area (Å²) in [6.45, 7) is 0.493. The Bertz CT molecular complexity index is 368. The zero-order valence-corrected chi connectivity index (χ0v) is 9.52. The Morgan fingerprint density at radius 2 is 1.57 bits per heavy atom. The van der Waals surface area contributed by atoms with Crippen LogP contribution in [0.5, 0.6) is 0 Å². The first-order valence-corrected chi connectivity index (χ1v) is 5.79. The number of alkyl halides is 1. The third kappa shape index (κ3) is 1.33. The predicted octanol–water partition coefficient (Wildman–Crippen LogP) is 1.72. The van der Waals surface area contributed by atoms with Crippen LogP contribution in [0.4, 0.5) is 0 Å². The monoisotopic (exact) mass is 301 g/mol. The van der Waals surface area contributed by atoms with Crippen molar-refractivity contribution < 1.29 is 9.59 Å². The van der Waals surface area contributed by atoms with Crippen molar-refractivity contribution in [3.63, 3.8) is 0 Å². The van der Waals surface area contributed by atoms with E-state index >= 15 is 0 Å². The van der Waals surface area contributed by atoms with Crippen LogP contribution in [0, 0.1) is 0 Å². The van der Waals surface area contributed by atoms with Gasteiger partial charge >= 0.3 is 0 Å². The van der Waals surface area contributed by atoms with Crippen molar-refractivity contribution in [2.45, 2.75) is 0 Å². The van der Waals surface area contributed by atoms with Crippen LogP contribution in [0.1, 0.15) is 20.7 Å². The molecular weight excluding hydrogens is 293 g/mol. The van der Waals surface area contributed by atoms with Crippen LogP contribution >= 0.6 is 22.6 Å². The van der Waals surface area contributed by atoms with Crippen molar-refractivity contribution in [1.29, 1.82) is 0 Å². The number of carbonyl (C=O) groups excluding carboxylic acids is 2. The first-order chi connectivity index (χ1) is 6.75. The Hall–Kier alpha value is -0.910. The fourth-order valence-electron chi connectivity index (χ4n) is 1.53. The topological polar surface area (TPSA) is 37.4 Å². The summed E-state index contributed by atoms with van der Waals surface area (Å²) in [5.74, 6) is -0.329. The van der Waals surface area contributed by atoms with Crippen molar-refractivity contribution in [2.75, 3.05) is 11.0 Å². The summed E-state index contributed by atoms with van der Waals surface area (Å²) in [5.41, 5.74) is 1.06. The molecule has 72 valence electrons. The van der Waals surface area contributed by atoms with Gasteiger partial charge in [-0.3, -0.25) is 14.5 Å². The van der Waals surface area contributed by atoms with Crippen LogP contribution in [0.3, 0.4) is 0 Å². The van der Waals surface area contributed by atoms with Gasteiger partial charge in [0.1, 0.15) is 0 Å². The van der Waals surface area contributed by atoms with Gasteiger partial charge in [-0.2, -0.15) is 0 Å². The van der Waals surface area contributed by atoms with Crippen LogP contribution in [-0.4, -0.2) is 27.7 Å². The zero-order chi connectivity index (χ0) is 10.1. The zero-order valence-electron chi connectivity index (χ0n) is 7.37. The highest BCUT2D eigenvalue weighted by atomic mass is 127. The fourth-order valence-corrected chi connectivity index (χ4v) is 2.01. The van der Waals surface area contributed by atoms with Crippen molar-refractivity contribution in [1.82, 2.24) is 4.90 Å². The SMILES string of the molecule is O=C1c2ccccc2C(=O)N1CCI. The second-order valence-corrected chi connectivity index (χ2v) is 4.08. The average molecular weight is 301 g/mol. The van der Waals surface area contributed by atoms with E-state index in [1.54, 1.807) is 24.3 Å². The van der Waals surface area contributed by atoms with Crippen molar-refractivity contribution in [2.24, 2.45) is 0 Å². The number of imide groups is 1. The molecule has 0 saturated carbocycles. The predicted molar refractivity (Wildman–Crippen MR) is 60.7 cm³/mol. The van der Waals surface area contributed by atoms with E-state index in [-0.39, 0.29) is 11.8 Å². The van der Waals surface area contributed by atoms with Gasteiger partial charge in [-0.25, -0.2) is 0 Å². The van der Waals surface area contributed by atoms with Gasteiger partial charge in [0.25, 0.3) is 11.8 Å². The lowest BCUT2D eigenvalue weighted by Gasteiger charge is -2.10. The maximum atomic E-state index is 11.7. The normalized spacial score (nSPS) is 14.8. The number of nitrogens with zero attached hydrogens (tertiary/aromatic N) is 1. The van der Waals surface area contributed by atoms with Gasteiger partial charge in [-0.1, -0.05) is 34.7 Å². The summed E-state index contributed by atoms with van der Waals surface area (Å²) in [7, 11) is 0. The van der Waals surface area contributed by atoms with Gasteiger partial charge in [-0.05, 0) is 12.1 Å². The number of amides is 2. The third-order valence-corrected chi connectivity index (χ3v) is 2.67. The fraction of sp³-hybridized carbons (Fsp3) is 0.200. The van der Waals surface area contributed by atoms with Crippen molar-refractivity contribution in [3.8, 4) is 0 Å². The third-order valence-electron chi connectivity index (χ3n) is 2.19. The molecule has 1 aromatic rings. The molecule has 0 atom stereocenters. The van der Waals surface area contributed by atoms with Gasteiger partial charge in [-0.15, -0.1) is 0 Å². The molecule has 1 aliphatic rings. The molecule has 1 aromatic carbocycles. The summed E-state index contributed by atoms with van der Waals surface area (Å²) in [5, 5.41) is 0. The summed E-state index contributed by atoms with van der Waals surface area (Å²) in [6.07, 6.45) is 0. The quantitative estimate of drug-likeness (QED) is 0.474. The Kier molecular flexibility index (Phi) is 2.54. The highest BCUT2D eigenvalue weighted by molar-refractivity contribution is 14.1. The molecule has 1 heterocycles. The van der Waals surface area contributed by atoms with Crippen LogP contribution in [0.15, 0.2) is 24.3 Å². The summed E-state index contributed by atoms with van der Waals surface area (Å²) in [6, 6.07) is 6.95. The van der Waals surface area contributed by atoms with Gasteiger partial charge in [0, 0.05) is 11.0 Å². The van der Waals surface area contributed by atoms with E-state index in [1.165, 1.54) is 4.90 Å². The van der Waals surface area contributed by atoms with Gasteiger partial charge in [0.05, 0.1) is 11.1 Å². The number of hydrogen-bond donors (Lipinski definition) is 0. The number of rotatable bonds is 2. The molecule has 2 amide bonds. The van der Waals surface area contributed by atoms with Crippen LogP contribution in [0.25, 0.3) is 0 Å². The highest BCUT2D eigenvalue weighted by Gasteiger charge is 2.34. The van der Waals surface area contributed by atoms with E-state index in [2.05, 4.69) is 22.6 Å². The van der Waals surface area contributed by atoms with Crippen LogP contribution in [0.2, 0.25) is 0 Å². The molecular formula is C10H8INO2. The highest BCUT2D eigenvalue weighted by Crippen LogP contribution is 2.21. The second kappa shape index (κ2) is 3.68. The largest absolute Gasteiger partial charge is 0.274 e. The number of halogens is 1. The van der Waals surface area contributed by atoms with E-state index in [4.69, 9.17) is 0 Å². The van der Waals surface area contributed by atoms with E-state index in [0.717, 1.165) is 4.43 Å². The molecule has 0 N–H and O–H groups in total. The van der Waals surface area contributed by atoms with Crippen LogP contribution < -0.4 is 0 Å². The second-order valence-electron chi connectivity index (χ2n) is 3.00. The summed E-state index contributed by atoms with van der Waals surface area (Å²) in [4.78, 5) is 24.7. The van der Waals surface area contributed by atoms with Gasteiger partial charge < -0.3 is 0 Å². The molecule has 3 nitrogen and oxygen atoms in total. The smallest absolute Gasteiger partial charge is 0.261 e. The number of hydrogen-bond acceptors (Lipinski definition) is 2. The lowest BCUT2D eigenvalue weighted by Crippen LogP contribution is -2.31. The van der Waals surface area contributed by atoms with E-state index < -0.39 is 0 Å². The molecule has 0 aliphatic carbocycles. The maximum absolute atomic E-state index is 11.7. The Morgan fingerprint density at radius 1 is 1.07 bits per heavy atom. The Morgan fingerprint density at radius 3 is 2.00 bits per heavy atom. The van der Waals surface area contributed by atoms with E-state index in [0.29, 0.717) is 17.7 Å². The summed E-state index contributed by atoms with van der Waals surface area (Å²) >= 11 is 2.15. The van der Waals surface area contributed by atoms with Gasteiger partial charge in [0.15, 0.2) is 0 Å². The van der Waals surface area contributed by atoms with Crippen molar-refractivity contribution >= 4 is 34.4 Å². The van der Waals surface area contributed by atoms with E-state index in [1.807, 2.05) is 0 Å². The average Bonchev–Trinajstić information content (AvgIpc) is 2.45. The molecule has 2 rings (SSSR count). The molecule has 4 heteroatoms. The van der Waals surface area contributed by atoms with Crippen molar-refractivity contribution in [3.05, 3.63) is 35.4 Å². The first-order valence-electron chi connectivity index (χ1n) is 4.27. The minimum Gasteiger partial charge on any atom is -0.274 e. The first kappa shape index (κ1) is 9.64. The minimum atomic E-state index is -0.165. The molecule has 1 aliphatic heterocycles. The molecule has 0 fully saturated rings. The van der Waals surface area contributed by atoms with Gasteiger partial charge in [0.2, 0.25) is 0 Å². The summed E-state index contributed by atoms with van der Waals surface area (Å²) < 4.78 is 0.767. The van der Waals surface area contributed by atoms with Crippen LogP contribution in [-0.2, 0) is 0 Å². The Balaban J connectivity index is 2.43. The number of carbonyl (C=O) groups is 2.